The Morgan fingerprint density at radius 1 is 1.15 bits per heavy atom. The van der Waals surface area contributed by atoms with Crippen molar-refractivity contribution in [3.05, 3.63) is 29.8 Å². The SMILES string of the molecule is CNC(=O)C(=O)[C@H](C[C@@H]1CCNC1=O)NC(=O)[C@@H]1[C@@H]2[C@H](CN1C(=O)CNc1ccc(C(F)(F)F)cc1)C2(C)C. The van der Waals surface area contributed by atoms with E-state index in [1.54, 1.807) is 0 Å². The van der Waals surface area contributed by atoms with Crippen molar-refractivity contribution in [1.82, 2.24) is 20.9 Å². The zero-order valence-electron chi connectivity index (χ0n) is 21.9. The largest absolute Gasteiger partial charge is 0.416 e. The van der Waals surface area contributed by atoms with Crippen molar-refractivity contribution >= 4 is 35.1 Å². The molecule has 0 aromatic heterocycles. The number of amides is 4. The fraction of sp³-hybridized carbons (Fsp3) is 0.577. The van der Waals surface area contributed by atoms with Gasteiger partial charge in [0.25, 0.3) is 5.91 Å². The van der Waals surface area contributed by atoms with Gasteiger partial charge in [-0.25, -0.2) is 0 Å². The molecule has 1 aliphatic carbocycles. The lowest BCUT2D eigenvalue weighted by molar-refractivity contribution is -0.143. The van der Waals surface area contributed by atoms with Crippen LogP contribution in [0.2, 0.25) is 0 Å². The molecule has 0 bridgehead atoms. The first-order valence-electron chi connectivity index (χ1n) is 12.8. The van der Waals surface area contributed by atoms with E-state index < -0.39 is 53.2 Å². The first kappa shape index (κ1) is 28.4. The molecular formula is C26H32F3N5O5. The van der Waals surface area contributed by atoms with Crippen LogP contribution in [0.5, 0.6) is 0 Å². The van der Waals surface area contributed by atoms with E-state index in [2.05, 4.69) is 21.3 Å². The third-order valence-corrected chi connectivity index (χ3v) is 8.22. The first-order valence-corrected chi connectivity index (χ1v) is 12.8. The van der Waals surface area contributed by atoms with E-state index in [0.717, 1.165) is 12.1 Å². The van der Waals surface area contributed by atoms with Crippen molar-refractivity contribution < 1.29 is 37.1 Å². The molecule has 2 saturated heterocycles. The molecule has 10 nitrogen and oxygen atoms in total. The van der Waals surface area contributed by atoms with Crippen LogP contribution in [0.3, 0.4) is 0 Å². The van der Waals surface area contributed by atoms with Gasteiger partial charge in [0.2, 0.25) is 23.5 Å². The number of halogens is 3. The quantitative estimate of drug-likeness (QED) is 0.337. The fourth-order valence-corrected chi connectivity index (χ4v) is 5.82. The van der Waals surface area contributed by atoms with Gasteiger partial charge >= 0.3 is 6.18 Å². The molecule has 4 amide bonds. The Kier molecular flexibility index (Phi) is 7.63. The molecule has 1 aromatic rings. The van der Waals surface area contributed by atoms with Crippen molar-refractivity contribution in [2.24, 2.45) is 23.2 Å². The molecule has 39 heavy (non-hydrogen) atoms. The lowest BCUT2D eigenvalue weighted by Crippen LogP contribution is -2.56. The molecule has 0 spiro atoms. The summed E-state index contributed by atoms with van der Waals surface area (Å²) in [5.74, 6) is -3.70. The number of piperidine rings is 1. The number of nitrogens with zero attached hydrogens (tertiary/aromatic N) is 1. The summed E-state index contributed by atoms with van der Waals surface area (Å²) < 4.78 is 38.4. The number of Topliss-reactive ketones (excluding diaryl/α,β-unsaturated/α-hetero) is 1. The van der Waals surface area contributed by atoms with Crippen LogP contribution in [0.4, 0.5) is 18.9 Å². The van der Waals surface area contributed by atoms with Gasteiger partial charge in [0.15, 0.2) is 0 Å². The summed E-state index contributed by atoms with van der Waals surface area (Å²) in [5.41, 5.74) is -0.715. The number of likely N-dealkylation sites (tertiary alicyclic amines) is 1. The van der Waals surface area contributed by atoms with Crippen LogP contribution in [0.1, 0.15) is 32.3 Å². The molecule has 212 valence electrons. The Bertz CT molecular complexity index is 1170. The minimum atomic E-state index is -4.48. The maximum atomic E-state index is 13.6. The van der Waals surface area contributed by atoms with Crippen LogP contribution in [-0.4, -0.2) is 73.1 Å². The van der Waals surface area contributed by atoms with E-state index in [9.17, 15) is 37.1 Å². The second kappa shape index (κ2) is 10.5. The maximum Gasteiger partial charge on any atom is 0.416 e. The topological polar surface area (TPSA) is 137 Å². The predicted octanol–water partition coefficient (Wildman–Crippen LogP) is 0.926. The number of anilines is 1. The Hall–Kier alpha value is -3.64. The van der Waals surface area contributed by atoms with E-state index in [1.807, 2.05) is 13.8 Å². The third kappa shape index (κ3) is 5.71. The molecule has 3 fully saturated rings. The van der Waals surface area contributed by atoms with Gasteiger partial charge in [0, 0.05) is 31.7 Å². The molecule has 2 aliphatic heterocycles. The third-order valence-electron chi connectivity index (χ3n) is 8.22. The van der Waals surface area contributed by atoms with E-state index in [-0.39, 0.29) is 36.1 Å². The van der Waals surface area contributed by atoms with Crippen molar-refractivity contribution in [2.75, 3.05) is 32.0 Å². The molecule has 13 heteroatoms. The molecule has 3 aliphatic rings. The van der Waals surface area contributed by atoms with Crippen molar-refractivity contribution in [2.45, 2.75) is 44.9 Å². The van der Waals surface area contributed by atoms with Gasteiger partial charge in [-0.1, -0.05) is 13.8 Å². The van der Waals surface area contributed by atoms with Crippen molar-refractivity contribution in [3.8, 4) is 0 Å². The average Bonchev–Trinajstić information content (AvgIpc) is 3.23. The van der Waals surface area contributed by atoms with Crippen LogP contribution < -0.4 is 21.3 Å². The molecule has 1 aromatic carbocycles. The number of ketones is 1. The number of carbonyl (C=O) groups is 5. The highest BCUT2D eigenvalue weighted by Crippen LogP contribution is 2.64. The molecular weight excluding hydrogens is 519 g/mol. The van der Waals surface area contributed by atoms with Crippen molar-refractivity contribution in [3.63, 3.8) is 0 Å². The van der Waals surface area contributed by atoms with E-state index in [0.29, 0.717) is 25.2 Å². The number of carbonyl (C=O) groups excluding carboxylic acids is 5. The highest BCUT2D eigenvalue weighted by Gasteiger charge is 2.69. The standard InChI is InChI=1S/C26H32F3N5O5/c1-25(2)16-12-34(18(35)11-32-15-6-4-14(5-7-15)26(27,28)29)20(19(16)25)23(38)33-17(21(36)24(39)30-3)10-13-8-9-31-22(13)37/h4-7,13,16-17,19-20,32H,8-12H2,1-3H3,(H,30,39)(H,31,37)(H,33,38)/t13-,16-,17-,19-,20-/m0/s1. The van der Waals surface area contributed by atoms with Gasteiger partial charge in [0.1, 0.15) is 6.04 Å². The summed E-state index contributed by atoms with van der Waals surface area (Å²) in [4.78, 5) is 65.1. The number of hydrogen-bond acceptors (Lipinski definition) is 6. The molecule has 0 radical (unpaired) electrons. The number of likely N-dealkylation sites (N-methyl/N-ethyl adjacent to an activating group) is 1. The number of nitrogens with one attached hydrogen (secondary N) is 4. The second-order valence-corrected chi connectivity index (χ2v) is 10.9. The van der Waals surface area contributed by atoms with Gasteiger partial charge in [-0.15, -0.1) is 0 Å². The summed E-state index contributed by atoms with van der Waals surface area (Å²) in [6.07, 6.45) is -4.05. The van der Waals surface area contributed by atoms with Crippen LogP contribution in [0.25, 0.3) is 0 Å². The summed E-state index contributed by atoms with van der Waals surface area (Å²) in [6.45, 7) is 4.47. The van der Waals surface area contributed by atoms with Gasteiger partial charge in [-0.05, 0) is 54.4 Å². The molecule has 5 atom stereocenters. The maximum absolute atomic E-state index is 13.6. The van der Waals surface area contributed by atoms with E-state index in [1.165, 1.54) is 24.1 Å². The van der Waals surface area contributed by atoms with E-state index >= 15 is 0 Å². The van der Waals surface area contributed by atoms with Crippen LogP contribution in [0.15, 0.2) is 24.3 Å². The number of fused-ring (bicyclic) bond motifs is 1. The second-order valence-electron chi connectivity index (χ2n) is 10.9. The van der Waals surface area contributed by atoms with Gasteiger partial charge in [0.05, 0.1) is 18.2 Å². The minimum absolute atomic E-state index is 0.0442. The Morgan fingerprint density at radius 3 is 2.38 bits per heavy atom. The summed E-state index contributed by atoms with van der Waals surface area (Å²) in [7, 11) is 1.29. The highest BCUT2D eigenvalue weighted by atomic mass is 19.4. The van der Waals surface area contributed by atoms with E-state index in [4.69, 9.17) is 0 Å². The van der Waals surface area contributed by atoms with Gasteiger partial charge < -0.3 is 26.2 Å². The Labute approximate surface area is 223 Å². The van der Waals surface area contributed by atoms with Crippen LogP contribution >= 0.6 is 0 Å². The fourth-order valence-electron chi connectivity index (χ4n) is 5.82. The van der Waals surface area contributed by atoms with Gasteiger partial charge in [-0.3, -0.25) is 24.0 Å². The highest BCUT2D eigenvalue weighted by molar-refractivity contribution is 6.38. The molecule has 4 N–H and O–H groups in total. The minimum Gasteiger partial charge on any atom is -0.376 e. The number of alkyl halides is 3. The van der Waals surface area contributed by atoms with Crippen LogP contribution in [0, 0.1) is 23.2 Å². The smallest absolute Gasteiger partial charge is 0.376 e. The average molecular weight is 552 g/mol. The molecule has 2 heterocycles. The number of benzene rings is 1. The molecule has 0 unspecified atom stereocenters. The number of hydrogen-bond donors (Lipinski definition) is 4. The summed E-state index contributed by atoms with van der Waals surface area (Å²) >= 11 is 0. The Morgan fingerprint density at radius 2 is 1.82 bits per heavy atom. The van der Waals surface area contributed by atoms with Crippen LogP contribution in [-0.2, 0) is 30.1 Å². The summed E-state index contributed by atoms with van der Waals surface area (Å²) in [5, 5.41) is 10.4. The molecule has 4 rings (SSSR count). The normalized spacial score (nSPS) is 25.8. The number of rotatable bonds is 9. The monoisotopic (exact) mass is 551 g/mol. The predicted molar refractivity (Wildman–Crippen MR) is 133 cm³/mol. The Balaban J connectivity index is 1.46. The lowest BCUT2D eigenvalue weighted by atomic mass is 9.94. The lowest BCUT2D eigenvalue weighted by Gasteiger charge is -2.31. The summed E-state index contributed by atoms with van der Waals surface area (Å²) in [6, 6.07) is 2.12. The first-order chi connectivity index (χ1) is 18.3. The zero-order valence-corrected chi connectivity index (χ0v) is 21.9. The molecule has 1 saturated carbocycles. The van der Waals surface area contributed by atoms with Crippen molar-refractivity contribution in [1.29, 1.82) is 0 Å². The zero-order chi connectivity index (χ0) is 28.7. The van der Waals surface area contributed by atoms with Gasteiger partial charge in [-0.2, -0.15) is 13.2 Å².